The summed E-state index contributed by atoms with van der Waals surface area (Å²) >= 11 is 0. The van der Waals surface area contributed by atoms with E-state index in [0.29, 0.717) is 12.2 Å². The minimum Gasteiger partial charge on any atom is -0.462 e. The molecule has 3 aromatic carbocycles. The summed E-state index contributed by atoms with van der Waals surface area (Å²) in [6.45, 7) is 2.19. The van der Waals surface area contributed by atoms with Gasteiger partial charge in [-0.05, 0) is 36.8 Å². The molecule has 0 fully saturated rings. The van der Waals surface area contributed by atoms with E-state index in [2.05, 4.69) is 60.1 Å². The molecule has 0 radical (unpaired) electrons. The van der Waals surface area contributed by atoms with Crippen LogP contribution in [-0.4, -0.2) is 19.8 Å². The third kappa shape index (κ3) is 5.20. The lowest BCUT2D eigenvalue weighted by Crippen LogP contribution is -2.30. The van der Waals surface area contributed by atoms with Crippen LogP contribution in [-0.2, 0) is 11.8 Å². The Labute approximate surface area is 177 Å². The molecule has 0 aliphatic rings. The molecular weight excluding hydrogens is 409 g/mol. The van der Waals surface area contributed by atoms with Crippen LogP contribution in [0.1, 0.15) is 17.3 Å². The van der Waals surface area contributed by atoms with E-state index in [1.165, 1.54) is 27.4 Å². The Balaban J connectivity index is 0.000000491. The van der Waals surface area contributed by atoms with Gasteiger partial charge in [-0.25, -0.2) is 4.79 Å². The van der Waals surface area contributed by atoms with Crippen LogP contribution in [0.2, 0.25) is 0 Å². The molecular formula is C23H20BF4NO2. The van der Waals surface area contributed by atoms with Crippen LogP contribution >= 0.6 is 0 Å². The molecule has 8 heteroatoms. The second-order valence-corrected chi connectivity index (χ2v) is 6.76. The largest absolute Gasteiger partial charge is 0.673 e. The van der Waals surface area contributed by atoms with Crippen LogP contribution in [0.4, 0.5) is 17.3 Å². The third-order valence-corrected chi connectivity index (χ3v) is 4.75. The highest BCUT2D eigenvalue weighted by atomic mass is 19.5. The fourth-order valence-electron chi connectivity index (χ4n) is 3.53. The molecule has 0 saturated carbocycles. The number of aryl methyl sites for hydroxylation is 1. The molecule has 4 aromatic rings. The standard InChI is InChI=1S/C23H20NO2.BF4/c1-3-26-23(25)17-14-12-16(13-15-17)22-18-8-4-6-10-20(18)24(2)21-11-7-5-9-19(21)22;2-1(3,4)5/h4-15H,3H2,1-2H3;/q+1;-1. The van der Waals surface area contributed by atoms with Crippen molar-refractivity contribution in [3.63, 3.8) is 0 Å². The van der Waals surface area contributed by atoms with Gasteiger partial charge in [-0.1, -0.05) is 36.4 Å². The van der Waals surface area contributed by atoms with E-state index in [4.69, 9.17) is 4.74 Å². The van der Waals surface area contributed by atoms with Crippen molar-refractivity contribution in [2.45, 2.75) is 6.92 Å². The Kier molecular flexibility index (Phi) is 6.58. The van der Waals surface area contributed by atoms with E-state index < -0.39 is 7.25 Å². The number of nitrogens with zero attached hydrogens (tertiary/aromatic N) is 1. The minimum absolute atomic E-state index is 0.284. The average molecular weight is 429 g/mol. The van der Waals surface area contributed by atoms with Crippen LogP contribution in [0.5, 0.6) is 0 Å². The van der Waals surface area contributed by atoms with E-state index in [1.807, 2.05) is 31.2 Å². The van der Waals surface area contributed by atoms with E-state index in [-0.39, 0.29) is 5.97 Å². The predicted molar refractivity (Wildman–Crippen MR) is 114 cm³/mol. The maximum absolute atomic E-state index is 11.9. The Bertz CT molecular complexity index is 1160. The summed E-state index contributed by atoms with van der Waals surface area (Å²) in [6.07, 6.45) is 0. The lowest BCUT2D eigenvalue weighted by atomic mass is 9.95. The summed E-state index contributed by atoms with van der Waals surface area (Å²) in [6, 6.07) is 24.5. The molecule has 0 spiro atoms. The van der Waals surface area contributed by atoms with Crippen molar-refractivity contribution >= 4 is 35.0 Å². The maximum atomic E-state index is 11.9. The average Bonchev–Trinajstić information content (AvgIpc) is 2.73. The van der Waals surface area contributed by atoms with Crippen molar-refractivity contribution in [2.24, 2.45) is 7.05 Å². The zero-order valence-electron chi connectivity index (χ0n) is 17.0. The maximum Gasteiger partial charge on any atom is 0.673 e. The summed E-state index contributed by atoms with van der Waals surface area (Å²) in [5.74, 6) is -0.284. The molecule has 0 unspecified atom stereocenters. The quantitative estimate of drug-likeness (QED) is 0.132. The summed E-state index contributed by atoms with van der Waals surface area (Å²) < 4.78 is 46.3. The van der Waals surface area contributed by atoms with Crippen molar-refractivity contribution < 1.29 is 31.4 Å². The number of hydrogen-bond acceptors (Lipinski definition) is 2. The van der Waals surface area contributed by atoms with Gasteiger partial charge in [0.1, 0.15) is 7.05 Å². The van der Waals surface area contributed by atoms with Crippen LogP contribution in [0.25, 0.3) is 32.9 Å². The van der Waals surface area contributed by atoms with Crippen molar-refractivity contribution in [1.29, 1.82) is 0 Å². The number of ether oxygens (including phenoxy) is 1. The summed E-state index contributed by atoms with van der Waals surface area (Å²) in [5.41, 5.74) is 5.20. The molecule has 0 atom stereocenters. The van der Waals surface area contributed by atoms with Gasteiger partial charge < -0.3 is 22.0 Å². The number of carbonyl (C=O) groups excluding carboxylic acids is 1. The van der Waals surface area contributed by atoms with E-state index in [0.717, 1.165) is 5.56 Å². The first kappa shape index (κ1) is 22.3. The molecule has 0 aliphatic heterocycles. The summed E-state index contributed by atoms with van der Waals surface area (Å²) in [7, 11) is -3.90. The number of rotatable bonds is 3. The van der Waals surface area contributed by atoms with E-state index in [9.17, 15) is 22.1 Å². The number of hydrogen-bond donors (Lipinski definition) is 0. The number of benzene rings is 3. The van der Waals surface area contributed by atoms with E-state index >= 15 is 0 Å². The normalized spacial score (nSPS) is 11.2. The molecule has 1 heterocycles. The fraction of sp³-hybridized carbons (Fsp3) is 0.130. The van der Waals surface area contributed by atoms with E-state index in [1.54, 1.807) is 0 Å². The number of pyridine rings is 1. The molecule has 0 amide bonds. The number of fused-ring (bicyclic) bond motifs is 2. The molecule has 3 nitrogen and oxygen atoms in total. The second kappa shape index (κ2) is 9.16. The van der Waals surface area contributed by atoms with Crippen molar-refractivity contribution in [2.75, 3.05) is 6.61 Å². The van der Waals surface area contributed by atoms with Gasteiger partial charge in [0, 0.05) is 17.7 Å². The van der Waals surface area contributed by atoms with Crippen LogP contribution in [0.3, 0.4) is 0 Å². The van der Waals surface area contributed by atoms with Gasteiger partial charge in [-0.3, -0.25) is 0 Å². The zero-order chi connectivity index (χ0) is 22.6. The zero-order valence-corrected chi connectivity index (χ0v) is 17.0. The highest BCUT2D eigenvalue weighted by Crippen LogP contribution is 2.33. The van der Waals surface area contributed by atoms with Gasteiger partial charge in [-0.2, -0.15) is 4.57 Å². The minimum atomic E-state index is -6.00. The highest BCUT2D eigenvalue weighted by molar-refractivity contribution is 6.50. The molecule has 160 valence electrons. The van der Waals surface area contributed by atoms with Crippen molar-refractivity contribution in [3.8, 4) is 11.1 Å². The van der Waals surface area contributed by atoms with Gasteiger partial charge in [-0.15, -0.1) is 0 Å². The van der Waals surface area contributed by atoms with Crippen LogP contribution in [0.15, 0.2) is 72.8 Å². The fourth-order valence-corrected chi connectivity index (χ4v) is 3.53. The van der Waals surface area contributed by atoms with Crippen LogP contribution < -0.4 is 4.57 Å². The van der Waals surface area contributed by atoms with Crippen LogP contribution in [0, 0.1) is 0 Å². The van der Waals surface area contributed by atoms with Crippen molar-refractivity contribution in [3.05, 3.63) is 78.4 Å². The topological polar surface area (TPSA) is 30.2 Å². The first-order valence-corrected chi connectivity index (χ1v) is 9.65. The number of esters is 1. The lowest BCUT2D eigenvalue weighted by Gasteiger charge is -2.11. The third-order valence-electron chi connectivity index (χ3n) is 4.75. The smallest absolute Gasteiger partial charge is 0.462 e. The van der Waals surface area contributed by atoms with Crippen molar-refractivity contribution in [1.82, 2.24) is 0 Å². The molecule has 0 N–H and O–H groups in total. The number of aromatic nitrogens is 1. The Morgan fingerprint density at radius 1 is 0.839 bits per heavy atom. The monoisotopic (exact) mass is 429 g/mol. The van der Waals surface area contributed by atoms with Gasteiger partial charge in [0.2, 0.25) is 11.0 Å². The Hall–Kier alpha value is -3.42. The molecule has 31 heavy (non-hydrogen) atoms. The number of carbonyl (C=O) groups is 1. The molecule has 0 saturated heterocycles. The first-order valence-electron chi connectivity index (χ1n) is 9.65. The van der Waals surface area contributed by atoms with Gasteiger partial charge in [0.25, 0.3) is 0 Å². The molecule has 0 bridgehead atoms. The summed E-state index contributed by atoms with van der Waals surface area (Å²) in [4.78, 5) is 11.9. The SMILES string of the molecule is CCOC(=O)c1ccc(-c2c3ccccc3[n+](C)c3ccccc23)cc1.F[B-](F)(F)F. The lowest BCUT2D eigenvalue weighted by molar-refractivity contribution is -0.617. The number of halogens is 4. The highest BCUT2D eigenvalue weighted by Gasteiger charge is 2.21. The van der Waals surface area contributed by atoms with Gasteiger partial charge in [0.05, 0.1) is 22.9 Å². The predicted octanol–water partition coefficient (Wildman–Crippen LogP) is 5.96. The molecule has 1 aromatic heterocycles. The summed E-state index contributed by atoms with van der Waals surface area (Å²) in [5, 5.41) is 2.38. The van der Waals surface area contributed by atoms with Gasteiger partial charge in [0.15, 0.2) is 0 Å². The molecule has 4 rings (SSSR count). The Morgan fingerprint density at radius 2 is 1.29 bits per heavy atom. The second-order valence-electron chi connectivity index (χ2n) is 6.76. The Morgan fingerprint density at radius 3 is 1.74 bits per heavy atom. The van der Waals surface area contributed by atoms with Gasteiger partial charge >= 0.3 is 13.2 Å². The number of para-hydroxylation sites is 2. The first-order chi connectivity index (χ1) is 14.7. The molecule has 0 aliphatic carbocycles.